The maximum atomic E-state index is 13.7. The van der Waals surface area contributed by atoms with Crippen molar-refractivity contribution in [2.24, 2.45) is 7.05 Å². The van der Waals surface area contributed by atoms with E-state index in [-0.39, 0.29) is 5.69 Å². The van der Waals surface area contributed by atoms with Crippen LogP contribution in [0, 0.1) is 11.6 Å². The topological polar surface area (TPSA) is 55.9 Å². The number of hydrogen-bond acceptors (Lipinski definition) is 3. The lowest BCUT2D eigenvalue weighted by atomic mass is 10.2. The van der Waals surface area contributed by atoms with Gasteiger partial charge in [0.2, 0.25) is 0 Å². The second-order valence-electron chi connectivity index (χ2n) is 4.06. The van der Waals surface area contributed by atoms with E-state index in [1.54, 1.807) is 7.05 Å². The van der Waals surface area contributed by atoms with E-state index in [2.05, 4.69) is 26.3 Å². The number of nitrogens with two attached hydrogens (primary N) is 1. The first-order chi connectivity index (χ1) is 8.93. The monoisotopic (exact) mass is 330 g/mol. The van der Waals surface area contributed by atoms with Gasteiger partial charge in [0.25, 0.3) is 0 Å². The first-order valence-corrected chi connectivity index (χ1v) is 6.46. The maximum absolute atomic E-state index is 13.7. The molecule has 1 aromatic carbocycles. The number of rotatable bonds is 3. The maximum Gasteiger partial charge on any atom is 0.152 e. The number of hydrogen-bond donors (Lipinski definition) is 2. The molecule has 0 atom stereocenters. The highest BCUT2D eigenvalue weighted by Gasteiger charge is 2.16. The third kappa shape index (κ3) is 2.56. The molecule has 0 aliphatic rings. The first-order valence-electron chi connectivity index (χ1n) is 5.67. The highest BCUT2D eigenvalue weighted by atomic mass is 79.9. The summed E-state index contributed by atoms with van der Waals surface area (Å²) in [6.45, 7) is 1.91. The minimum atomic E-state index is -0.703. The molecule has 0 radical (unpaired) electrons. The lowest BCUT2D eigenvalue weighted by molar-refractivity contribution is 0.588. The summed E-state index contributed by atoms with van der Waals surface area (Å²) in [7, 11) is 1.66. The summed E-state index contributed by atoms with van der Waals surface area (Å²) in [6, 6.07) is 2.36. The third-order valence-corrected chi connectivity index (χ3v) is 3.20. The molecule has 0 saturated heterocycles. The summed E-state index contributed by atoms with van der Waals surface area (Å²) in [5, 5.41) is 6.84. The largest absolute Gasteiger partial charge is 0.394 e. The fourth-order valence-electron chi connectivity index (χ4n) is 1.79. The van der Waals surface area contributed by atoms with Crippen molar-refractivity contribution in [2.75, 3.05) is 11.1 Å². The van der Waals surface area contributed by atoms with E-state index in [4.69, 9.17) is 5.73 Å². The lowest BCUT2D eigenvalue weighted by Gasteiger charge is -2.10. The number of nitrogen functional groups attached to an aromatic ring is 1. The molecule has 3 N–H and O–H groups in total. The van der Waals surface area contributed by atoms with E-state index in [0.29, 0.717) is 28.1 Å². The van der Waals surface area contributed by atoms with Crippen LogP contribution in [0.1, 0.15) is 12.6 Å². The van der Waals surface area contributed by atoms with Crippen molar-refractivity contribution in [3.05, 3.63) is 33.9 Å². The smallest absolute Gasteiger partial charge is 0.152 e. The fourth-order valence-corrected chi connectivity index (χ4v) is 2.19. The molecule has 2 rings (SSSR count). The molecule has 0 aliphatic carbocycles. The number of benzene rings is 1. The van der Waals surface area contributed by atoms with Crippen molar-refractivity contribution in [3.63, 3.8) is 0 Å². The van der Waals surface area contributed by atoms with Gasteiger partial charge in [0.05, 0.1) is 11.4 Å². The van der Waals surface area contributed by atoms with Crippen LogP contribution in [0.25, 0.3) is 0 Å². The molecule has 1 aromatic heterocycles. The van der Waals surface area contributed by atoms with Crippen LogP contribution in [-0.4, -0.2) is 9.78 Å². The van der Waals surface area contributed by atoms with E-state index in [9.17, 15) is 8.78 Å². The summed E-state index contributed by atoms with van der Waals surface area (Å²) >= 11 is 3.03. The second-order valence-corrected chi connectivity index (χ2v) is 4.97. The molecule has 0 amide bonds. The van der Waals surface area contributed by atoms with E-state index in [0.717, 1.165) is 0 Å². The summed E-state index contributed by atoms with van der Waals surface area (Å²) < 4.78 is 29.3. The van der Waals surface area contributed by atoms with Crippen LogP contribution in [0.2, 0.25) is 0 Å². The third-order valence-electron chi connectivity index (χ3n) is 2.75. The molecular weight excluding hydrogens is 318 g/mol. The summed E-state index contributed by atoms with van der Waals surface area (Å²) in [6.07, 6.45) is 0.645. The van der Waals surface area contributed by atoms with E-state index < -0.39 is 11.6 Å². The number of aryl methyl sites for hydroxylation is 2. The average molecular weight is 331 g/mol. The number of aromatic nitrogens is 2. The quantitative estimate of drug-likeness (QED) is 0.907. The SMILES string of the molecule is CCc1nn(C)c(Nc2c(F)cc(Br)cc2F)c1N. The molecule has 0 saturated carbocycles. The minimum Gasteiger partial charge on any atom is -0.394 e. The Hall–Kier alpha value is -1.63. The van der Waals surface area contributed by atoms with Crippen LogP contribution in [0.3, 0.4) is 0 Å². The Kier molecular flexibility index (Phi) is 3.75. The van der Waals surface area contributed by atoms with E-state index >= 15 is 0 Å². The van der Waals surface area contributed by atoms with Gasteiger partial charge in [-0.25, -0.2) is 8.78 Å². The molecule has 4 nitrogen and oxygen atoms in total. The number of nitrogens with zero attached hydrogens (tertiary/aromatic N) is 2. The van der Waals surface area contributed by atoms with Gasteiger partial charge in [-0.3, -0.25) is 4.68 Å². The Morgan fingerprint density at radius 3 is 2.42 bits per heavy atom. The van der Waals surface area contributed by atoms with Crippen LogP contribution >= 0.6 is 15.9 Å². The van der Waals surface area contributed by atoms with Crippen LogP contribution in [0.4, 0.5) is 26.0 Å². The Balaban J connectivity index is 2.45. The Morgan fingerprint density at radius 2 is 1.95 bits per heavy atom. The van der Waals surface area contributed by atoms with Crippen molar-refractivity contribution >= 4 is 33.1 Å². The van der Waals surface area contributed by atoms with Crippen molar-refractivity contribution < 1.29 is 8.78 Å². The zero-order valence-corrected chi connectivity index (χ0v) is 12.1. The van der Waals surface area contributed by atoms with Gasteiger partial charge in [0.15, 0.2) is 17.5 Å². The van der Waals surface area contributed by atoms with E-state index in [1.807, 2.05) is 6.92 Å². The van der Waals surface area contributed by atoms with Crippen molar-refractivity contribution in [3.8, 4) is 0 Å². The van der Waals surface area contributed by atoms with Crippen molar-refractivity contribution in [1.29, 1.82) is 0 Å². The van der Waals surface area contributed by atoms with Gasteiger partial charge in [-0.15, -0.1) is 0 Å². The highest BCUT2D eigenvalue weighted by Crippen LogP contribution is 2.30. The van der Waals surface area contributed by atoms with Crippen LogP contribution < -0.4 is 11.1 Å². The average Bonchev–Trinajstić information content (AvgIpc) is 2.59. The minimum absolute atomic E-state index is 0.249. The molecule has 0 aliphatic heterocycles. The Bertz CT molecular complexity index is 601. The second kappa shape index (κ2) is 5.16. The predicted molar refractivity (Wildman–Crippen MR) is 74.3 cm³/mol. The molecule has 19 heavy (non-hydrogen) atoms. The molecule has 7 heteroatoms. The standard InChI is InChI=1S/C12H13BrF2N4/c1-3-9-10(16)12(19(2)18-9)17-11-7(14)4-6(13)5-8(11)15/h4-5,17H,3,16H2,1-2H3. The van der Waals surface area contributed by atoms with Gasteiger partial charge in [-0.05, 0) is 18.6 Å². The molecular formula is C12H13BrF2N4. The predicted octanol–water partition coefficient (Wildman–Crippen LogP) is 3.35. The van der Waals surface area contributed by atoms with Crippen molar-refractivity contribution in [1.82, 2.24) is 9.78 Å². The lowest BCUT2D eigenvalue weighted by Crippen LogP contribution is -2.04. The Labute approximate surface area is 117 Å². The molecule has 0 bridgehead atoms. The number of anilines is 3. The molecule has 2 aromatic rings. The van der Waals surface area contributed by atoms with Gasteiger partial charge in [-0.1, -0.05) is 22.9 Å². The number of halogens is 3. The summed E-state index contributed by atoms with van der Waals surface area (Å²) in [5.74, 6) is -1.03. The summed E-state index contributed by atoms with van der Waals surface area (Å²) in [5.41, 5.74) is 6.72. The zero-order chi connectivity index (χ0) is 14.2. The van der Waals surface area contributed by atoms with Gasteiger partial charge in [-0.2, -0.15) is 5.10 Å². The fraction of sp³-hybridized carbons (Fsp3) is 0.250. The normalized spacial score (nSPS) is 10.8. The summed E-state index contributed by atoms with van der Waals surface area (Å²) in [4.78, 5) is 0. The molecule has 1 heterocycles. The first kappa shape index (κ1) is 13.8. The zero-order valence-electron chi connectivity index (χ0n) is 10.5. The molecule has 0 spiro atoms. The van der Waals surface area contributed by atoms with Crippen LogP contribution in [-0.2, 0) is 13.5 Å². The molecule has 0 unspecified atom stereocenters. The highest BCUT2D eigenvalue weighted by molar-refractivity contribution is 9.10. The van der Waals surface area contributed by atoms with Gasteiger partial charge >= 0.3 is 0 Å². The van der Waals surface area contributed by atoms with Crippen LogP contribution in [0.15, 0.2) is 16.6 Å². The Morgan fingerprint density at radius 1 is 1.37 bits per heavy atom. The van der Waals surface area contributed by atoms with Crippen LogP contribution in [0.5, 0.6) is 0 Å². The molecule has 0 fully saturated rings. The molecule has 102 valence electrons. The van der Waals surface area contributed by atoms with Gasteiger partial charge in [0, 0.05) is 11.5 Å². The van der Waals surface area contributed by atoms with Gasteiger partial charge < -0.3 is 11.1 Å². The van der Waals surface area contributed by atoms with Crippen molar-refractivity contribution in [2.45, 2.75) is 13.3 Å². The number of nitrogens with one attached hydrogen (secondary N) is 1. The van der Waals surface area contributed by atoms with E-state index in [1.165, 1.54) is 16.8 Å². The van der Waals surface area contributed by atoms with Gasteiger partial charge in [0.1, 0.15) is 5.69 Å².